The van der Waals surface area contributed by atoms with Crippen LogP contribution < -0.4 is 5.32 Å². The monoisotopic (exact) mass is 311 g/mol. The molecule has 1 aliphatic rings. The Balaban J connectivity index is 2.14. The molecule has 1 N–H and O–H groups in total. The van der Waals surface area contributed by atoms with Crippen molar-refractivity contribution < 1.29 is 4.79 Å². The molecule has 6 heteroatoms. The van der Waals surface area contributed by atoms with Gasteiger partial charge in [-0.25, -0.2) is 0 Å². The maximum Gasteiger partial charge on any atom is 0.254 e. The van der Waals surface area contributed by atoms with Gasteiger partial charge in [0.25, 0.3) is 5.91 Å². The molecule has 0 radical (unpaired) electrons. The molecule has 88 valence electrons. The van der Waals surface area contributed by atoms with Gasteiger partial charge in [-0.2, -0.15) is 17.0 Å². The Hall–Kier alpha value is -1.06. The number of thioether (sulfide) groups is 1. The Morgan fingerprint density at radius 1 is 1.65 bits per heavy atom. The molecule has 1 aromatic heterocycles. The summed E-state index contributed by atoms with van der Waals surface area (Å²) in [5, 5.41) is 12.0. The van der Waals surface area contributed by atoms with Crippen molar-refractivity contribution in [1.82, 2.24) is 10.3 Å². The summed E-state index contributed by atoms with van der Waals surface area (Å²) in [6.07, 6.45) is 3.80. The molecule has 2 rings (SSSR count). The van der Waals surface area contributed by atoms with Crippen LogP contribution in [0, 0.1) is 11.3 Å². The van der Waals surface area contributed by atoms with Crippen LogP contribution in [0.25, 0.3) is 0 Å². The smallest absolute Gasteiger partial charge is 0.254 e. The lowest BCUT2D eigenvalue weighted by atomic mass is 10.0. The quantitative estimate of drug-likeness (QED) is 0.907. The first-order valence-corrected chi connectivity index (χ1v) is 7.02. The van der Waals surface area contributed by atoms with Crippen molar-refractivity contribution >= 4 is 33.6 Å². The zero-order valence-electron chi connectivity index (χ0n) is 8.94. The summed E-state index contributed by atoms with van der Waals surface area (Å²) in [5.74, 6) is 1.31. The van der Waals surface area contributed by atoms with Crippen molar-refractivity contribution in [3.05, 3.63) is 28.5 Å². The first-order valence-electron chi connectivity index (χ1n) is 5.07. The van der Waals surface area contributed by atoms with Gasteiger partial charge in [-0.15, -0.1) is 0 Å². The molecule has 1 amide bonds. The maximum absolute atomic E-state index is 12.0. The highest BCUT2D eigenvalue weighted by Crippen LogP contribution is 2.27. The van der Waals surface area contributed by atoms with E-state index in [2.05, 4.69) is 32.3 Å². The summed E-state index contributed by atoms with van der Waals surface area (Å²) < 4.78 is 0.747. The number of aromatic nitrogens is 1. The van der Waals surface area contributed by atoms with Crippen molar-refractivity contribution in [3.8, 4) is 6.07 Å². The molecular weight excluding hydrogens is 302 g/mol. The van der Waals surface area contributed by atoms with Gasteiger partial charge in [0.2, 0.25) is 0 Å². The Kier molecular flexibility index (Phi) is 3.69. The molecule has 1 unspecified atom stereocenters. The van der Waals surface area contributed by atoms with Crippen LogP contribution in [-0.4, -0.2) is 27.9 Å². The molecule has 0 saturated carbocycles. The SMILES string of the molecule is N#CC1(NC(=O)c2cncc(Br)c2)CCSC1. The summed E-state index contributed by atoms with van der Waals surface area (Å²) in [4.78, 5) is 15.9. The summed E-state index contributed by atoms with van der Waals surface area (Å²) in [6.45, 7) is 0. The second-order valence-corrected chi connectivity index (χ2v) is 5.86. The lowest BCUT2D eigenvalue weighted by Gasteiger charge is -2.21. The molecule has 0 aliphatic carbocycles. The number of halogens is 1. The second-order valence-electron chi connectivity index (χ2n) is 3.84. The molecule has 1 saturated heterocycles. The van der Waals surface area contributed by atoms with Crippen LogP contribution >= 0.6 is 27.7 Å². The lowest BCUT2D eigenvalue weighted by molar-refractivity contribution is 0.0925. The third-order valence-electron chi connectivity index (χ3n) is 2.56. The molecular formula is C11H10BrN3OS. The average Bonchev–Trinajstić information content (AvgIpc) is 2.78. The average molecular weight is 312 g/mol. The van der Waals surface area contributed by atoms with E-state index in [0.29, 0.717) is 17.7 Å². The van der Waals surface area contributed by atoms with Crippen LogP contribution in [0.3, 0.4) is 0 Å². The van der Waals surface area contributed by atoms with E-state index in [4.69, 9.17) is 5.26 Å². The van der Waals surface area contributed by atoms with Gasteiger partial charge in [-0.1, -0.05) is 0 Å². The zero-order valence-corrected chi connectivity index (χ0v) is 11.3. The maximum atomic E-state index is 12.0. The fourth-order valence-corrected chi connectivity index (χ4v) is 3.24. The molecule has 4 nitrogen and oxygen atoms in total. The predicted octanol–water partition coefficient (Wildman–Crippen LogP) is 1.97. The Bertz CT molecular complexity index is 480. The van der Waals surface area contributed by atoms with E-state index < -0.39 is 5.54 Å². The molecule has 1 aromatic rings. The molecule has 1 aliphatic heterocycles. The van der Waals surface area contributed by atoms with Crippen LogP contribution in [0.1, 0.15) is 16.8 Å². The van der Waals surface area contributed by atoms with E-state index in [1.165, 1.54) is 6.20 Å². The number of hydrogen-bond donors (Lipinski definition) is 1. The fourth-order valence-electron chi connectivity index (χ4n) is 1.61. The number of rotatable bonds is 2. The standard InChI is InChI=1S/C11H10BrN3OS/c12-9-3-8(4-14-5-9)10(16)15-11(6-13)1-2-17-7-11/h3-5H,1-2,7H2,(H,15,16). The van der Waals surface area contributed by atoms with Crippen molar-refractivity contribution in [2.45, 2.75) is 12.0 Å². The molecule has 0 bridgehead atoms. The van der Waals surface area contributed by atoms with Gasteiger partial charge in [0.15, 0.2) is 0 Å². The van der Waals surface area contributed by atoms with Crippen LogP contribution in [0.5, 0.6) is 0 Å². The van der Waals surface area contributed by atoms with Gasteiger partial charge in [-0.3, -0.25) is 9.78 Å². The third kappa shape index (κ3) is 2.79. The number of nitrogens with zero attached hydrogens (tertiary/aromatic N) is 2. The molecule has 1 fully saturated rings. The molecule has 1 atom stereocenters. The van der Waals surface area contributed by atoms with Crippen molar-refractivity contribution in [3.63, 3.8) is 0 Å². The van der Waals surface area contributed by atoms with E-state index in [-0.39, 0.29) is 5.91 Å². The second kappa shape index (κ2) is 5.07. The normalized spacial score (nSPS) is 23.1. The topological polar surface area (TPSA) is 65.8 Å². The summed E-state index contributed by atoms with van der Waals surface area (Å²) in [6, 6.07) is 3.90. The minimum atomic E-state index is -0.718. The van der Waals surface area contributed by atoms with E-state index in [0.717, 1.165) is 10.2 Å². The van der Waals surface area contributed by atoms with Gasteiger partial charge in [0, 0.05) is 22.6 Å². The number of nitrogens with one attached hydrogen (secondary N) is 1. The van der Waals surface area contributed by atoms with E-state index in [9.17, 15) is 4.79 Å². The first kappa shape index (κ1) is 12.4. The largest absolute Gasteiger partial charge is 0.333 e. The molecule has 17 heavy (non-hydrogen) atoms. The van der Waals surface area contributed by atoms with Crippen LogP contribution in [0.15, 0.2) is 22.9 Å². The number of pyridine rings is 1. The number of nitriles is 1. The van der Waals surface area contributed by atoms with Gasteiger partial charge in [0.1, 0.15) is 5.54 Å². The third-order valence-corrected chi connectivity index (χ3v) is 4.18. The van der Waals surface area contributed by atoms with Gasteiger partial charge in [-0.05, 0) is 34.2 Å². The predicted molar refractivity (Wildman–Crippen MR) is 69.7 cm³/mol. The van der Waals surface area contributed by atoms with Gasteiger partial charge in [0.05, 0.1) is 11.6 Å². The minimum Gasteiger partial charge on any atom is -0.333 e. The first-order chi connectivity index (χ1) is 8.15. The van der Waals surface area contributed by atoms with Crippen LogP contribution in [0.4, 0.5) is 0 Å². The summed E-state index contributed by atoms with van der Waals surface area (Å²) in [7, 11) is 0. The molecule has 2 heterocycles. The highest BCUT2D eigenvalue weighted by Gasteiger charge is 2.36. The minimum absolute atomic E-state index is 0.247. The van der Waals surface area contributed by atoms with Crippen LogP contribution in [0.2, 0.25) is 0 Å². The number of carbonyl (C=O) groups excluding carboxylic acids is 1. The van der Waals surface area contributed by atoms with Crippen molar-refractivity contribution in [2.75, 3.05) is 11.5 Å². The fraction of sp³-hybridized carbons (Fsp3) is 0.364. The summed E-state index contributed by atoms with van der Waals surface area (Å²) in [5.41, 5.74) is -0.254. The number of carbonyl (C=O) groups is 1. The molecule has 0 spiro atoms. The Morgan fingerprint density at radius 2 is 2.47 bits per heavy atom. The highest BCUT2D eigenvalue weighted by molar-refractivity contribution is 9.10. The van der Waals surface area contributed by atoms with E-state index in [1.54, 1.807) is 24.0 Å². The lowest BCUT2D eigenvalue weighted by Crippen LogP contribution is -2.47. The van der Waals surface area contributed by atoms with E-state index >= 15 is 0 Å². The Labute approximate surface area is 112 Å². The highest BCUT2D eigenvalue weighted by atomic mass is 79.9. The number of hydrogen-bond acceptors (Lipinski definition) is 4. The van der Waals surface area contributed by atoms with Gasteiger partial charge >= 0.3 is 0 Å². The zero-order chi connectivity index (χ0) is 12.3. The number of amides is 1. The van der Waals surface area contributed by atoms with Crippen molar-refractivity contribution in [2.24, 2.45) is 0 Å². The summed E-state index contributed by atoms with van der Waals surface area (Å²) >= 11 is 4.95. The Morgan fingerprint density at radius 3 is 3.06 bits per heavy atom. The van der Waals surface area contributed by atoms with Gasteiger partial charge < -0.3 is 5.32 Å². The van der Waals surface area contributed by atoms with E-state index in [1.807, 2.05) is 0 Å². The molecule has 0 aromatic carbocycles. The van der Waals surface area contributed by atoms with Crippen LogP contribution in [-0.2, 0) is 0 Å². The van der Waals surface area contributed by atoms with Crippen molar-refractivity contribution in [1.29, 1.82) is 5.26 Å².